The number of nitrogens with zero attached hydrogens (tertiary/aromatic N) is 6. The van der Waals surface area contributed by atoms with Gasteiger partial charge in [0, 0.05) is 24.6 Å². The molecule has 1 saturated carbocycles. The number of aromatic nitrogens is 6. The van der Waals surface area contributed by atoms with Crippen molar-refractivity contribution < 1.29 is 18.7 Å². The van der Waals surface area contributed by atoms with E-state index in [0.29, 0.717) is 59.0 Å². The number of hydrogen-bond donors (Lipinski definition) is 3. The lowest BCUT2D eigenvalue weighted by Crippen LogP contribution is -2.38. The predicted molar refractivity (Wildman–Crippen MR) is 128 cm³/mol. The van der Waals surface area contributed by atoms with Crippen molar-refractivity contribution in [3.05, 3.63) is 53.8 Å². The molecule has 10 nitrogen and oxygen atoms in total. The molecule has 188 valence electrons. The molecule has 0 aromatic carbocycles. The summed E-state index contributed by atoms with van der Waals surface area (Å²) in [6.07, 6.45) is 8.75. The molecule has 0 aliphatic heterocycles. The molecule has 0 spiro atoms. The van der Waals surface area contributed by atoms with Crippen molar-refractivity contribution in [2.24, 2.45) is 0 Å². The number of amides is 1. The van der Waals surface area contributed by atoms with Crippen LogP contribution in [-0.2, 0) is 6.54 Å². The van der Waals surface area contributed by atoms with Gasteiger partial charge < -0.3 is 15.7 Å². The van der Waals surface area contributed by atoms with Crippen molar-refractivity contribution in [1.82, 2.24) is 34.7 Å². The van der Waals surface area contributed by atoms with Crippen LogP contribution in [0.5, 0.6) is 0 Å². The van der Waals surface area contributed by atoms with Crippen LogP contribution >= 0.6 is 11.6 Å². The van der Waals surface area contributed by atoms with Gasteiger partial charge in [0.1, 0.15) is 6.54 Å². The number of anilines is 2. The Hall–Kier alpha value is -3.64. The highest BCUT2D eigenvalue weighted by molar-refractivity contribution is 6.30. The lowest BCUT2D eigenvalue weighted by Gasteiger charge is -2.26. The average Bonchev–Trinajstić information content (AvgIpc) is 3.46. The molecule has 4 aromatic rings. The van der Waals surface area contributed by atoms with E-state index < -0.39 is 13.0 Å². The third kappa shape index (κ3) is 5.29. The van der Waals surface area contributed by atoms with E-state index >= 15 is 0 Å². The number of halogens is 3. The maximum Gasteiger partial charge on any atom is 0.257 e. The number of pyridine rings is 1. The summed E-state index contributed by atoms with van der Waals surface area (Å²) >= 11 is 6.00. The van der Waals surface area contributed by atoms with Gasteiger partial charge in [0.05, 0.1) is 57.9 Å². The second-order valence-electron chi connectivity index (χ2n) is 8.66. The first-order valence-corrected chi connectivity index (χ1v) is 11.8. The molecule has 13 heteroatoms. The minimum atomic E-state index is -2.54. The van der Waals surface area contributed by atoms with Crippen LogP contribution in [-0.4, -0.2) is 58.9 Å². The first-order valence-electron chi connectivity index (χ1n) is 11.4. The SMILES string of the molecule is O=C(NC1CCC(O)CC1)c1cnc(-c2cnn3cc(Cl)cnc23)cc1Nc1cnn(CC(F)F)c1. The Balaban J connectivity index is 1.47. The molecule has 0 bridgehead atoms. The summed E-state index contributed by atoms with van der Waals surface area (Å²) in [5.74, 6) is -0.331. The maximum absolute atomic E-state index is 13.2. The molecule has 0 atom stereocenters. The quantitative estimate of drug-likeness (QED) is 0.342. The van der Waals surface area contributed by atoms with Crippen LogP contribution in [0.2, 0.25) is 5.02 Å². The van der Waals surface area contributed by atoms with Crippen LogP contribution in [0.3, 0.4) is 0 Å². The zero-order chi connectivity index (χ0) is 25.2. The van der Waals surface area contributed by atoms with Gasteiger partial charge in [-0.15, -0.1) is 0 Å². The second-order valence-corrected chi connectivity index (χ2v) is 9.10. The first-order chi connectivity index (χ1) is 17.4. The third-order valence-electron chi connectivity index (χ3n) is 6.02. The van der Waals surface area contributed by atoms with Crippen molar-refractivity contribution in [3.8, 4) is 11.3 Å². The Morgan fingerprint density at radius 2 is 1.92 bits per heavy atom. The summed E-state index contributed by atoms with van der Waals surface area (Å²) < 4.78 is 28.2. The Labute approximate surface area is 209 Å². The summed E-state index contributed by atoms with van der Waals surface area (Å²) in [4.78, 5) is 22.0. The zero-order valence-corrected chi connectivity index (χ0v) is 19.7. The zero-order valence-electron chi connectivity index (χ0n) is 19.0. The van der Waals surface area contributed by atoms with Gasteiger partial charge in [-0.2, -0.15) is 10.2 Å². The van der Waals surface area contributed by atoms with E-state index in [4.69, 9.17) is 11.6 Å². The van der Waals surface area contributed by atoms with Gasteiger partial charge in [0.25, 0.3) is 12.3 Å². The number of aliphatic hydroxyl groups is 1. The maximum atomic E-state index is 13.2. The molecule has 36 heavy (non-hydrogen) atoms. The number of alkyl halides is 2. The highest BCUT2D eigenvalue weighted by Gasteiger charge is 2.23. The summed E-state index contributed by atoms with van der Waals surface area (Å²) in [7, 11) is 0. The molecule has 0 unspecified atom stereocenters. The number of rotatable bonds is 7. The van der Waals surface area contributed by atoms with Crippen LogP contribution in [0.15, 0.2) is 43.2 Å². The Morgan fingerprint density at radius 3 is 2.69 bits per heavy atom. The minimum absolute atomic E-state index is 0.0595. The molecule has 4 aromatic heterocycles. The molecule has 0 radical (unpaired) electrons. The van der Waals surface area contributed by atoms with Crippen molar-refractivity contribution in [1.29, 1.82) is 0 Å². The number of carbonyl (C=O) groups is 1. The monoisotopic (exact) mass is 516 g/mol. The summed E-state index contributed by atoms with van der Waals surface area (Å²) in [6, 6.07) is 1.62. The van der Waals surface area contributed by atoms with E-state index in [1.165, 1.54) is 29.3 Å². The highest BCUT2D eigenvalue weighted by atomic mass is 35.5. The lowest BCUT2D eigenvalue weighted by atomic mass is 9.93. The molecule has 3 N–H and O–H groups in total. The third-order valence-corrected chi connectivity index (χ3v) is 6.21. The number of nitrogens with one attached hydrogen (secondary N) is 2. The van der Waals surface area contributed by atoms with Crippen LogP contribution in [0.25, 0.3) is 16.9 Å². The van der Waals surface area contributed by atoms with E-state index in [9.17, 15) is 18.7 Å². The van der Waals surface area contributed by atoms with Crippen molar-refractivity contribution in [3.63, 3.8) is 0 Å². The minimum Gasteiger partial charge on any atom is -0.393 e. The molecular weight excluding hydrogens is 494 g/mol. The van der Waals surface area contributed by atoms with E-state index in [0.717, 1.165) is 4.68 Å². The van der Waals surface area contributed by atoms with Crippen LogP contribution < -0.4 is 10.6 Å². The standard InChI is InChI=1S/C23H23ClF2N8O2/c24-13-6-28-22-17(9-30-34(22)10-13)19-5-20(31-15-7-29-33(11-15)12-21(25)26)18(8-27-19)23(36)32-14-1-3-16(35)4-2-14/h5-11,14,16,21,35H,1-4,12H2,(H,27,31)(H,32,36). The van der Waals surface area contributed by atoms with E-state index in [2.05, 4.69) is 30.8 Å². The van der Waals surface area contributed by atoms with Crippen LogP contribution in [0, 0.1) is 0 Å². The fourth-order valence-electron chi connectivity index (χ4n) is 4.23. The summed E-state index contributed by atoms with van der Waals surface area (Å²) in [5.41, 5.74) is 2.78. The van der Waals surface area contributed by atoms with Gasteiger partial charge in [-0.25, -0.2) is 18.3 Å². The highest BCUT2D eigenvalue weighted by Crippen LogP contribution is 2.29. The van der Waals surface area contributed by atoms with Gasteiger partial charge in [0.15, 0.2) is 5.65 Å². The Morgan fingerprint density at radius 1 is 1.11 bits per heavy atom. The van der Waals surface area contributed by atoms with Crippen LogP contribution in [0.1, 0.15) is 36.0 Å². The van der Waals surface area contributed by atoms with Crippen molar-refractivity contribution >= 4 is 34.5 Å². The normalized spacial score (nSPS) is 18.0. The first kappa shape index (κ1) is 24.1. The van der Waals surface area contributed by atoms with Crippen molar-refractivity contribution in [2.75, 3.05) is 5.32 Å². The van der Waals surface area contributed by atoms with Gasteiger partial charge in [-0.3, -0.25) is 14.5 Å². The van der Waals surface area contributed by atoms with Gasteiger partial charge in [-0.1, -0.05) is 11.6 Å². The Bertz CT molecular complexity index is 1380. The van der Waals surface area contributed by atoms with Crippen molar-refractivity contribution in [2.45, 2.75) is 50.8 Å². The lowest BCUT2D eigenvalue weighted by molar-refractivity contribution is 0.0868. The van der Waals surface area contributed by atoms with Gasteiger partial charge >= 0.3 is 0 Å². The number of aliphatic hydroxyl groups excluding tert-OH is 1. The fraction of sp³-hybridized carbons (Fsp3) is 0.348. The van der Waals surface area contributed by atoms with E-state index in [1.807, 2.05) is 0 Å². The fourth-order valence-corrected chi connectivity index (χ4v) is 4.37. The van der Waals surface area contributed by atoms with E-state index in [-0.39, 0.29) is 23.6 Å². The summed E-state index contributed by atoms with van der Waals surface area (Å²) in [6.45, 7) is -0.541. The number of fused-ring (bicyclic) bond motifs is 1. The molecule has 1 fully saturated rings. The molecule has 0 saturated heterocycles. The molecule has 1 amide bonds. The molecule has 4 heterocycles. The number of hydrogen-bond acceptors (Lipinski definition) is 7. The van der Waals surface area contributed by atoms with Crippen LogP contribution in [0.4, 0.5) is 20.2 Å². The molecule has 1 aliphatic carbocycles. The average molecular weight is 517 g/mol. The Kier molecular flexibility index (Phi) is 6.79. The summed E-state index contributed by atoms with van der Waals surface area (Å²) in [5, 5.41) is 24.5. The second kappa shape index (κ2) is 10.2. The molecule has 5 rings (SSSR count). The molecular formula is C23H23ClF2N8O2. The van der Waals surface area contributed by atoms with E-state index in [1.54, 1.807) is 18.5 Å². The predicted octanol–water partition coefficient (Wildman–Crippen LogP) is 3.68. The van der Waals surface area contributed by atoms with Gasteiger partial charge in [0.2, 0.25) is 0 Å². The molecule has 1 aliphatic rings. The topological polar surface area (TPSA) is 122 Å². The largest absolute Gasteiger partial charge is 0.393 e. The van der Waals surface area contributed by atoms with Gasteiger partial charge in [-0.05, 0) is 31.7 Å². The smallest absolute Gasteiger partial charge is 0.257 e. The number of carbonyl (C=O) groups excluding carboxylic acids is 1.